The average molecular weight is 290 g/mol. The number of nitrogens with zero attached hydrogens (tertiary/aromatic N) is 1. The van der Waals surface area contributed by atoms with Gasteiger partial charge in [-0.1, -0.05) is 0 Å². The third-order valence-corrected chi connectivity index (χ3v) is 4.52. The number of hydrogen-bond donors (Lipinski definition) is 1. The van der Waals surface area contributed by atoms with Gasteiger partial charge >= 0.3 is 0 Å². The number of carbonyl (C=O) groups excluding carboxylic acids is 1. The van der Waals surface area contributed by atoms with E-state index in [1.54, 1.807) is 0 Å². The minimum Gasteiger partial charge on any atom is -0.376 e. The van der Waals surface area contributed by atoms with Gasteiger partial charge in [0.15, 0.2) is 0 Å². The Kier molecular flexibility index (Phi) is 3.89. The first-order chi connectivity index (χ1) is 9.75. The molecule has 2 aromatic heterocycles. The van der Waals surface area contributed by atoms with Crippen LogP contribution in [0.5, 0.6) is 0 Å². The van der Waals surface area contributed by atoms with Crippen molar-refractivity contribution in [1.29, 1.82) is 0 Å². The van der Waals surface area contributed by atoms with Crippen molar-refractivity contribution in [3.8, 4) is 5.69 Å². The van der Waals surface area contributed by atoms with Gasteiger partial charge in [-0.2, -0.15) is 0 Å². The summed E-state index contributed by atoms with van der Waals surface area (Å²) in [7, 11) is 0. The van der Waals surface area contributed by atoms with Crippen LogP contribution >= 0.6 is 11.3 Å². The molecule has 1 amide bonds. The largest absolute Gasteiger partial charge is 0.376 e. The minimum absolute atomic E-state index is 0.0216. The molecule has 4 nitrogen and oxygen atoms in total. The first-order valence-corrected chi connectivity index (χ1v) is 7.77. The van der Waals surface area contributed by atoms with Crippen molar-refractivity contribution in [3.63, 3.8) is 0 Å². The summed E-state index contributed by atoms with van der Waals surface area (Å²) in [5.74, 6) is -0.0216. The van der Waals surface area contributed by atoms with Crippen LogP contribution in [0.15, 0.2) is 36.0 Å². The van der Waals surface area contributed by atoms with E-state index in [0.29, 0.717) is 0 Å². The molecule has 3 heterocycles. The molecule has 0 unspecified atom stereocenters. The molecule has 0 bridgehead atoms. The van der Waals surface area contributed by atoms with Gasteiger partial charge in [-0.3, -0.25) is 4.79 Å². The zero-order chi connectivity index (χ0) is 13.9. The van der Waals surface area contributed by atoms with E-state index >= 15 is 0 Å². The van der Waals surface area contributed by atoms with E-state index in [1.165, 1.54) is 11.3 Å². The maximum Gasteiger partial charge on any atom is 0.263 e. The predicted octanol–water partition coefficient (Wildman–Crippen LogP) is 2.84. The number of thiophene rings is 1. The van der Waals surface area contributed by atoms with Gasteiger partial charge in [0.1, 0.15) is 4.88 Å². The van der Waals surface area contributed by atoms with Crippen LogP contribution in [0.4, 0.5) is 0 Å². The van der Waals surface area contributed by atoms with Crippen molar-refractivity contribution in [2.45, 2.75) is 31.9 Å². The number of ether oxygens (including phenoxy) is 1. The minimum atomic E-state index is -0.0216. The highest BCUT2D eigenvalue weighted by Crippen LogP contribution is 2.22. The van der Waals surface area contributed by atoms with Crippen molar-refractivity contribution in [2.24, 2.45) is 0 Å². The summed E-state index contributed by atoms with van der Waals surface area (Å²) >= 11 is 1.47. The topological polar surface area (TPSA) is 43.3 Å². The van der Waals surface area contributed by atoms with E-state index in [4.69, 9.17) is 4.74 Å². The molecule has 1 aliphatic rings. The highest BCUT2D eigenvalue weighted by molar-refractivity contribution is 7.12. The van der Waals surface area contributed by atoms with Gasteiger partial charge in [0.25, 0.3) is 5.91 Å². The molecular weight excluding hydrogens is 272 g/mol. The average Bonchev–Trinajstić information content (AvgIpc) is 3.19. The second-order valence-corrected chi connectivity index (χ2v) is 5.96. The van der Waals surface area contributed by atoms with Crippen LogP contribution in [0.25, 0.3) is 5.69 Å². The van der Waals surface area contributed by atoms with Crippen LogP contribution in [0.1, 0.15) is 29.4 Å². The van der Waals surface area contributed by atoms with Crippen molar-refractivity contribution >= 4 is 17.2 Å². The molecule has 1 saturated heterocycles. The Morgan fingerprint density at radius 2 is 2.30 bits per heavy atom. The molecule has 0 aliphatic carbocycles. The van der Waals surface area contributed by atoms with Gasteiger partial charge in [0.2, 0.25) is 0 Å². The highest BCUT2D eigenvalue weighted by atomic mass is 32.1. The van der Waals surface area contributed by atoms with Gasteiger partial charge in [0, 0.05) is 19.0 Å². The molecule has 1 N–H and O–H groups in total. The number of amides is 1. The first kappa shape index (κ1) is 13.4. The Morgan fingerprint density at radius 3 is 3.00 bits per heavy atom. The van der Waals surface area contributed by atoms with Crippen LogP contribution in [0.2, 0.25) is 0 Å². The van der Waals surface area contributed by atoms with Gasteiger partial charge in [-0.15, -0.1) is 11.3 Å². The SMILES string of the molecule is C[C@@H](NC(=O)c1sccc1-n1cccc1)[C@@H]1CCCO1. The lowest BCUT2D eigenvalue weighted by molar-refractivity contribution is 0.0714. The quantitative estimate of drug-likeness (QED) is 0.941. The lowest BCUT2D eigenvalue weighted by atomic mass is 10.1. The summed E-state index contributed by atoms with van der Waals surface area (Å²) in [6.07, 6.45) is 6.15. The molecule has 3 rings (SSSR count). The zero-order valence-corrected chi connectivity index (χ0v) is 12.2. The lowest BCUT2D eigenvalue weighted by Gasteiger charge is -2.20. The molecule has 2 aromatic rings. The monoisotopic (exact) mass is 290 g/mol. The van der Waals surface area contributed by atoms with E-state index in [2.05, 4.69) is 5.32 Å². The second kappa shape index (κ2) is 5.81. The maximum atomic E-state index is 12.4. The smallest absolute Gasteiger partial charge is 0.263 e. The van der Waals surface area contributed by atoms with Gasteiger partial charge in [0.05, 0.1) is 17.8 Å². The summed E-state index contributed by atoms with van der Waals surface area (Å²) in [4.78, 5) is 13.2. The fourth-order valence-corrected chi connectivity index (χ4v) is 3.33. The Balaban J connectivity index is 1.73. The van der Waals surface area contributed by atoms with Crippen LogP contribution in [-0.2, 0) is 4.74 Å². The summed E-state index contributed by atoms with van der Waals surface area (Å²) in [6.45, 7) is 2.81. The molecule has 0 radical (unpaired) electrons. The molecule has 0 saturated carbocycles. The normalized spacial score (nSPS) is 19.9. The lowest BCUT2D eigenvalue weighted by Crippen LogP contribution is -2.40. The first-order valence-electron chi connectivity index (χ1n) is 6.89. The molecule has 1 fully saturated rings. The zero-order valence-electron chi connectivity index (χ0n) is 11.4. The number of carbonyl (C=O) groups is 1. The van der Waals surface area contributed by atoms with E-state index in [9.17, 15) is 4.79 Å². The molecule has 20 heavy (non-hydrogen) atoms. The van der Waals surface area contributed by atoms with Crippen molar-refractivity contribution in [1.82, 2.24) is 9.88 Å². The summed E-state index contributed by atoms with van der Waals surface area (Å²) < 4.78 is 7.58. The standard InChI is InChI=1S/C15H18N2O2S/c1-11(13-5-4-9-19-13)16-15(18)14-12(6-10-20-14)17-7-2-3-8-17/h2-3,6-8,10-11,13H,4-5,9H2,1H3,(H,16,18)/t11-,13+/m1/s1. The summed E-state index contributed by atoms with van der Waals surface area (Å²) in [6, 6.07) is 5.92. The predicted molar refractivity (Wildman–Crippen MR) is 79.5 cm³/mol. The van der Waals surface area contributed by atoms with Gasteiger partial charge < -0.3 is 14.6 Å². The molecule has 5 heteroatoms. The van der Waals surface area contributed by atoms with Gasteiger partial charge in [-0.25, -0.2) is 0 Å². The number of aromatic nitrogens is 1. The van der Waals surface area contributed by atoms with Crippen molar-refractivity contribution in [2.75, 3.05) is 6.61 Å². The number of rotatable bonds is 4. The number of nitrogens with one attached hydrogen (secondary N) is 1. The fourth-order valence-electron chi connectivity index (χ4n) is 2.53. The van der Waals surface area contributed by atoms with Crippen LogP contribution in [-0.4, -0.2) is 29.2 Å². The van der Waals surface area contributed by atoms with E-state index < -0.39 is 0 Å². The number of hydrogen-bond acceptors (Lipinski definition) is 3. The Bertz CT molecular complexity index is 570. The van der Waals surface area contributed by atoms with Crippen LogP contribution in [0.3, 0.4) is 0 Å². The molecule has 2 atom stereocenters. The van der Waals surface area contributed by atoms with E-state index in [0.717, 1.165) is 30.0 Å². The van der Waals surface area contributed by atoms with Crippen LogP contribution in [0, 0.1) is 0 Å². The fraction of sp³-hybridized carbons (Fsp3) is 0.400. The molecule has 106 valence electrons. The Labute approximate surface area is 122 Å². The summed E-state index contributed by atoms with van der Waals surface area (Å²) in [5.41, 5.74) is 0.928. The molecule has 0 spiro atoms. The maximum absolute atomic E-state index is 12.4. The van der Waals surface area contributed by atoms with Crippen molar-refractivity contribution in [3.05, 3.63) is 40.8 Å². The Morgan fingerprint density at radius 1 is 1.50 bits per heavy atom. The van der Waals surface area contributed by atoms with E-state index in [-0.39, 0.29) is 18.1 Å². The molecule has 1 aliphatic heterocycles. The second-order valence-electron chi connectivity index (χ2n) is 5.04. The third-order valence-electron chi connectivity index (χ3n) is 3.61. The summed E-state index contributed by atoms with van der Waals surface area (Å²) in [5, 5.41) is 5.01. The van der Waals surface area contributed by atoms with Gasteiger partial charge in [-0.05, 0) is 43.3 Å². The van der Waals surface area contributed by atoms with Crippen molar-refractivity contribution < 1.29 is 9.53 Å². The Hall–Kier alpha value is -1.59. The molecule has 0 aromatic carbocycles. The van der Waals surface area contributed by atoms with Crippen LogP contribution < -0.4 is 5.32 Å². The highest BCUT2D eigenvalue weighted by Gasteiger charge is 2.25. The molecular formula is C15H18N2O2S. The van der Waals surface area contributed by atoms with E-state index in [1.807, 2.05) is 47.5 Å². The third kappa shape index (κ3) is 2.64.